The Morgan fingerprint density at radius 2 is 2.08 bits per heavy atom. The Kier molecular flexibility index (Phi) is 4.79. The van der Waals surface area contributed by atoms with Gasteiger partial charge in [-0.1, -0.05) is 24.3 Å². The van der Waals surface area contributed by atoms with E-state index in [1.807, 2.05) is 30.3 Å². The summed E-state index contributed by atoms with van der Waals surface area (Å²) in [6.07, 6.45) is 5.24. The van der Waals surface area contributed by atoms with Gasteiger partial charge in [0.25, 0.3) is 0 Å². The zero-order chi connectivity index (χ0) is 17.8. The molecule has 1 aromatic carbocycles. The van der Waals surface area contributed by atoms with Gasteiger partial charge < -0.3 is 15.4 Å². The molecule has 0 spiro atoms. The summed E-state index contributed by atoms with van der Waals surface area (Å²) in [5.74, 6) is -0.121. The topological polar surface area (TPSA) is 85.5 Å². The van der Waals surface area contributed by atoms with Crippen LogP contribution in [0, 0.1) is 0 Å². The Hall–Kier alpha value is -3.15. The van der Waals surface area contributed by atoms with Crippen molar-refractivity contribution >= 4 is 23.8 Å². The van der Waals surface area contributed by atoms with E-state index in [1.54, 1.807) is 29.4 Å². The van der Waals surface area contributed by atoms with Gasteiger partial charge in [0.2, 0.25) is 5.91 Å². The molecule has 3 rings (SSSR count). The number of rotatable bonds is 4. The van der Waals surface area contributed by atoms with Crippen molar-refractivity contribution in [3.05, 3.63) is 65.5 Å². The molecular formula is C19H19N3O3. The predicted octanol–water partition coefficient (Wildman–Crippen LogP) is 2.67. The largest absolute Gasteiger partial charge is 0.461 e. The smallest absolute Gasteiger partial charge is 0.308 e. The predicted molar refractivity (Wildman–Crippen MR) is 93.8 cm³/mol. The lowest BCUT2D eigenvalue weighted by molar-refractivity contribution is -0.146. The minimum Gasteiger partial charge on any atom is -0.461 e. The molecule has 2 heterocycles. The van der Waals surface area contributed by atoms with Gasteiger partial charge >= 0.3 is 5.97 Å². The lowest BCUT2D eigenvalue weighted by Crippen LogP contribution is -2.32. The number of carbonyl (C=O) groups is 2. The van der Waals surface area contributed by atoms with Crippen molar-refractivity contribution < 1.29 is 14.3 Å². The van der Waals surface area contributed by atoms with E-state index in [2.05, 4.69) is 4.98 Å². The number of aromatic nitrogens is 1. The van der Waals surface area contributed by atoms with Gasteiger partial charge in [0.1, 0.15) is 12.4 Å². The molecule has 6 heteroatoms. The molecule has 1 amide bonds. The SMILES string of the molecule is CC(=O)N1C=Cc2ccccc2[C@H]1CC(=O)OCc1ccnc(N)c1. The fraction of sp³-hybridized carbons (Fsp3) is 0.211. The number of hydrogen-bond acceptors (Lipinski definition) is 5. The lowest BCUT2D eigenvalue weighted by Gasteiger charge is -2.32. The number of amides is 1. The van der Waals surface area contributed by atoms with Gasteiger partial charge in [-0.25, -0.2) is 4.98 Å². The van der Waals surface area contributed by atoms with Crippen LogP contribution in [0.3, 0.4) is 0 Å². The Morgan fingerprint density at radius 3 is 2.84 bits per heavy atom. The molecular weight excluding hydrogens is 318 g/mol. The quantitative estimate of drug-likeness (QED) is 0.867. The van der Waals surface area contributed by atoms with Crippen molar-refractivity contribution in [1.29, 1.82) is 0 Å². The number of fused-ring (bicyclic) bond motifs is 1. The van der Waals surface area contributed by atoms with E-state index >= 15 is 0 Å². The van der Waals surface area contributed by atoms with Gasteiger partial charge in [0.05, 0.1) is 12.5 Å². The van der Waals surface area contributed by atoms with Gasteiger partial charge in [0, 0.05) is 19.3 Å². The summed E-state index contributed by atoms with van der Waals surface area (Å²) in [6, 6.07) is 10.7. The van der Waals surface area contributed by atoms with E-state index in [9.17, 15) is 9.59 Å². The highest BCUT2D eigenvalue weighted by molar-refractivity contribution is 5.80. The maximum absolute atomic E-state index is 12.3. The van der Waals surface area contributed by atoms with E-state index in [0.29, 0.717) is 5.82 Å². The highest BCUT2D eigenvalue weighted by Crippen LogP contribution is 2.33. The standard InChI is InChI=1S/C19H19N3O3/c1-13(23)22-9-7-15-4-2-3-5-16(15)17(22)11-19(24)25-12-14-6-8-21-18(20)10-14/h2-10,17H,11-12H2,1H3,(H2,20,21)/t17-/m1/s1. The molecule has 0 radical (unpaired) electrons. The number of carbonyl (C=O) groups excluding carboxylic acids is 2. The average molecular weight is 337 g/mol. The second-order valence-electron chi connectivity index (χ2n) is 5.84. The van der Waals surface area contributed by atoms with Crippen LogP contribution in [0.15, 0.2) is 48.8 Å². The molecule has 25 heavy (non-hydrogen) atoms. The second kappa shape index (κ2) is 7.17. The number of nitrogens with zero attached hydrogens (tertiary/aromatic N) is 2. The molecule has 0 bridgehead atoms. The number of esters is 1. The van der Waals surface area contributed by atoms with Crippen LogP contribution < -0.4 is 5.73 Å². The molecule has 1 aliphatic heterocycles. The first-order chi connectivity index (χ1) is 12.0. The molecule has 1 aliphatic rings. The lowest BCUT2D eigenvalue weighted by atomic mass is 9.94. The highest BCUT2D eigenvalue weighted by Gasteiger charge is 2.28. The molecule has 2 aromatic rings. The Labute approximate surface area is 145 Å². The van der Waals surface area contributed by atoms with E-state index in [0.717, 1.165) is 16.7 Å². The summed E-state index contributed by atoms with van der Waals surface area (Å²) in [5.41, 5.74) is 8.32. The van der Waals surface area contributed by atoms with Gasteiger partial charge in [-0.3, -0.25) is 9.59 Å². The third kappa shape index (κ3) is 3.85. The molecule has 128 valence electrons. The fourth-order valence-corrected chi connectivity index (χ4v) is 2.88. The van der Waals surface area contributed by atoms with Crippen LogP contribution >= 0.6 is 0 Å². The molecule has 0 saturated carbocycles. The van der Waals surface area contributed by atoms with E-state index in [4.69, 9.17) is 10.5 Å². The molecule has 1 aromatic heterocycles. The van der Waals surface area contributed by atoms with Crippen LogP contribution in [0.25, 0.3) is 6.08 Å². The number of hydrogen-bond donors (Lipinski definition) is 1. The van der Waals surface area contributed by atoms with Gasteiger partial charge in [-0.2, -0.15) is 0 Å². The first-order valence-corrected chi connectivity index (χ1v) is 7.96. The Balaban J connectivity index is 1.72. The highest BCUT2D eigenvalue weighted by atomic mass is 16.5. The molecule has 1 atom stereocenters. The van der Waals surface area contributed by atoms with Crippen LogP contribution in [0.5, 0.6) is 0 Å². The zero-order valence-electron chi connectivity index (χ0n) is 13.9. The maximum atomic E-state index is 12.3. The number of nitrogens with two attached hydrogens (primary N) is 1. The molecule has 0 saturated heterocycles. The first-order valence-electron chi connectivity index (χ1n) is 7.96. The number of pyridine rings is 1. The van der Waals surface area contributed by atoms with Gasteiger partial charge in [0.15, 0.2) is 0 Å². The van der Waals surface area contributed by atoms with Crippen molar-refractivity contribution in [2.45, 2.75) is 26.0 Å². The number of benzene rings is 1. The Bertz CT molecular complexity index is 832. The summed E-state index contributed by atoms with van der Waals surface area (Å²) in [5, 5.41) is 0. The molecule has 0 fully saturated rings. The van der Waals surface area contributed by atoms with Crippen LogP contribution in [0.4, 0.5) is 5.82 Å². The third-order valence-corrected chi connectivity index (χ3v) is 4.07. The fourth-order valence-electron chi connectivity index (χ4n) is 2.88. The number of nitrogen functional groups attached to an aromatic ring is 1. The van der Waals surface area contributed by atoms with Gasteiger partial charge in [-0.05, 0) is 34.9 Å². The molecule has 2 N–H and O–H groups in total. The van der Waals surface area contributed by atoms with E-state index in [1.165, 1.54) is 6.92 Å². The third-order valence-electron chi connectivity index (χ3n) is 4.07. The van der Waals surface area contributed by atoms with Crippen LogP contribution in [0.2, 0.25) is 0 Å². The average Bonchev–Trinajstić information content (AvgIpc) is 2.60. The summed E-state index contributed by atoms with van der Waals surface area (Å²) < 4.78 is 5.34. The van der Waals surface area contributed by atoms with Crippen LogP contribution in [-0.4, -0.2) is 21.8 Å². The number of ether oxygens (including phenoxy) is 1. The molecule has 0 aliphatic carbocycles. The number of anilines is 1. The summed E-state index contributed by atoms with van der Waals surface area (Å²) in [4.78, 5) is 29.7. The normalized spacial score (nSPS) is 15.6. The molecule has 6 nitrogen and oxygen atoms in total. The Morgan fingerprint density at radius 1 is 1.28 bits per heavy atom. The van der Waals surface area contributed by atoms with E-state index in [-0.39, 0.29) is 30.9 Å². The maximum Gasteiger partial charge on any atom is 0.308 e. The summed E-state index contributed by atoms with van der Waals surface area (Å²) >= 11 is 0. The zero-order valence-corrected chi connectivity index (χ0v) is 13.9. The van der Waals surface area contributed by atoms with Crippen molar-refractivity contribution in [2.24, 2.45) is 0 Å². The van der Waals surface area contributed by atoms with E-state index < -0.39 is 0 Å². The summed E-state index contributed by atoms with van der Waals surface area (Å²) in [7, 11) is 0. The second-order valence-corrected chi connectivity index (χ2v) is 5.84. The van der Waals surface area contributed by atoms with Crippen molar-refractivity contribution in [2.75, 3.05) is 5.73 Å². The minimum atomic E-state index is -0.378. The first kappa shape index (κ1) is 16.7. The summed E-state index contributed by atoms with van der Waals surface area (Å²) in [6.45, 7) is 1.60. The molecule has 0 unspecified atom stereocenters. The monoisotopic (exact) mass is 337 g/mol. The van der Waals surface area contributed by atoms with Crippen molar-refractivity contribution in [3.63, 3.8) is 0 Å². The van der Waals surface area contributed by atoms with Crippen molar-refractivity contribution in [3.8, 4) is 0 Å². The van der Waals surface area contributed by atoms with Crippen LogP contribution in [0.1, 0.15) is 36.1 Å². The van der Waals surface area contributed by atoms with Crippen molar-refractivity contribution in [1.82, 2.24) is 9.88 Å². The van der Waals surface area contributed by atoms with Crippen LogP contribution in [-0.2, 0) is 20.9 Å². The minimum absolute atomic E-state index is 0.0848. The van der Waals surface area contributed by atoms with Gasteiger partial charge in [-0.15, -0.1) is 0 Å².